The lowest BCUT2D eigenvalue weighted by Crippen LogP contribution is -2.49. The zero-order valence-electron chi connectivity index (χ0n) is 16.8. The Hall–Kier alpha value is -2.60. The minimum absolute atomic E-state index is 0.154. The van der Waals surface area contributed by atoms with Gasteiger partial charge in [0, 0.05) is 13.1 Å². The van der Waals surface area contributed by atoms with E-state index >= 15 is 0 Å². The van der Waals surface area contributed by atoms with Gasteiger partial charge in [0.25, 0.3) is 5.91 Å². The normalized spacial score (nSPS) is 11.8. The van der Waals surface area contributed by atoms with Gasteiger partial charge in [0.05, 0.1) is 5.02 Å². The van der Waals surface area contributed by atoms with Gasteiger partial charge in [-0.3, -0.25) is 9.59 Å². The molecule has 0 bridgehead atoms. The molecule has 0 fully saturated rings. The third-order valence-corrected chi connectivity index (χ3v) is 4.62. The minimum Gasteiger partial charge on any atom is -0.482 e. The number of nitrogens with zero attached hydrogens (tertiary/aromatic N) is 1. The molecule has 1 N–H and O–H groups in total. The summed E-state index contributed by atoms with van der Waals surface area (Å²) in [6.45, 7) is 6.03. The van der Waals surface area contributed by atoms with E-state index in [1.165, 1.54) is 17.0 Å². The zero-order valence-corrected chi connectivity index (χ0v) is 17.6. The van der Waals surface area contributed by atoms with Crippen molar-refractivity contribution < 1.29 is 18.7 Å². The minimum atomic E-state index is -0.721. The summed E-state index contributed by atoms with van der Waals surface area (Å²) in [5, 5.41) is 3.24. The van der Waals surface area contributed by atoms with Crippen molar-refractivity contribution in [3.63, 3.8) is 0 Å². The lowest BCUT2D eigenvalue weighted by molar-refractivity contribution is -0.142. The number of para-hydroxylation sites is 1. The molecule has 1 unspecified atom stereocenters. The lowest BCUT2D eigenvalue weighted by Gasteiger charge is -2.29. The summed E-state index contributed by atoms with van der Waals surface area (Å²) in [4.78, 5) is 26.8. The molecule has 2 rings (SSSR count). The van der Waals surface area contributed by atoms with Crippen LogP contribution in [0.25, 0.3) is 0 Å². The van der Waals surface area contributed by atoms with Gasteiger partial charge in [-0.2, -0.15) is 0 Å². The Morgan fingerprint density at radius 1 is 1.10 bits per heavy atom. The molecule has 0 saturated carbocycles. The maximum atomic E-state index is 13.2. The molecule has 2 amide bonds. The molecule has 0 spiro atoms. The number of rotatable bonds is 9. The van der Waals surface area contributed by atoms with Crippen molar-refractivity contribution in [2.45, 2.75) is 33.4 Å². The average molecular weight is 421 g/mol. The van der Waals surface area contributed by atoms with Crippen molar-refractivity contribution in [2.24, 2.45) is 5.92 Å². The van der Waals surface area contributed by atoms with Crippen LogP contribution in [0, 0.1) is 11.7 Å². The molecule has 0 saturated heterocycles. The SMILES string of the molecule is CC(C)CNC(=O)C(C)N(Cc1ccc(F)cc1)C(=O)COc1ccccc1Cl. The molecule has 5 nitrogen and oxygen atoms in total. The summed E-state index contributed by atoms with van der Waals surface area (Å²) in [6, 6.07) is 11.9. The highest BCUT2D eigenvalue weighted by molar-refractivity contribution is 6.32. The van der Waals surface area contributed by atoms with Crippen LogP contribution in [-0.2, 0) is 16.1 Å². The van der Waals surface area contributed by atoms with E-state index in [1.54, 1.807) is 43.3 Å². The third kappa shape index (κ3) is 7.06. The van der Waals surface area contributed by atoms with Gasteiger partial charge in [-0.05, 0) is 42.7 Å². The zero-order chi connectivity index (χ0) is 21.4. The van der Waals surface area contributed by atoms with Crippen LogP contribution in [0.3, 0.4) is 0 Å². The van der Waals surface area contributed by atoms with Crippen LogP contribution in [0.4, 0.5) is 4.39 Å². The van der Waals surface area contributed by atoms with Crippen LogP contribution in [-0.4, -0.2) is 35.9 Å². The van der Waals surface area contributed by atoms with Gasteiger partial charge in [-0.25, -0.2) is 4.39 Å². The molecule has 156 valence electrons. The molecule has 0 aliphatic heterocycles. The number of hydrogen-bond donors (Lipinski definition) is 1. The van der Waals surface area contributed by atoms with E-state index in [-0.39, 0.29) is 36.7 Å². The van der Waals surface area contributed by atoms with Crippen molar-refractivity contribution in [3.8, 4) is 5.75 Å². The van der Waals surface area contributed by atoms with Crippen molar-refractivity contribution in [1.29, 1.82) is 0 Å². The first-order valence-electron chi connectivity index (χ1n) is 9.47. The lowest BCUT2D eigenvalue weighted by atomic mass is 10.1. The highest BCUT2D eigenvalue weighted by atomic mass is 35.5. The van der Waals surface area contributed by atoms with E-state index < -0.39 is 6.04 Å². The number of carbonyl (C=O) groups is 2. The smallest absolute Gasteiger partial charge is 0.261 e. The largest absolute Gasteiger partial charge is 0.482 e. The molecule has 0 radical (unpaired) electrons. The number of amides is 2. The Morgan fingerprint density at radius 2 is 1.76 bits per heavy atom. The highest BCUT2D eigenvalue weighted by Gasteiger charge is 2.26. The summed E-state index contributed by atoms with van der Waals surface area (Å²) >= 11 is 6.07. The van der Waals surface area contributed by atoms with E-state index in [1.807, 2.05) is 13.8 Å². The number of halogens is 2. The molecule has 0 heterocycles. The van der Waals surface area contributed by atoms with Gasteiger partial charge in [0.1, 0.15) is 17.6 Å². The van der Waals surface area contributed by atoms with Crippen molar-refractivity contribution >= 4 is 23.4 Å². The maximum Gasteiger partial charge on any atom is 0.261 e. The predicted molar refractivity (Wildman–Crippen MR) is 111 cm³/mol. The van der Waals surface area contributed by atoms with Gasteiger partial charge in [0.2, 0.25) is 5.91 Å². The Balaban J connectivity index is 2.13. The van der Waals surface area contributed by atoms with Gasteiger partial charge >= 0.3 is 0 Å². The Kier molecular flexibility index (Phi) is 8.46. The van der Waals surface area contributed by atoms with E-state index in [9.17, 15) is 14.0 Å². The van der Waals surface area contributed by atoms with E-state index in [0.717, 1.165) is 0 Å². The number of ether oxygens (including phenoxy) is 1. The quantitative estimate of drug-likeness (QED) is 0.665. The van der Waals surface area contributed by atoms with Crippen LogP contribution in [0.1, 0.15) is 26.3 Å². The predicted octanol–water partition coefficient (Wildman–Crippen LogP) is 4.05. The monoisotopic (exact) mass is 420 g/mol. The van der Waals surface area contributed by atoms with Gasteiger partial charge in [0.15, 0.2) is 6.61 Å². The molecule has 0 aliphatic rings. The first-order valence-corrected chi connectivity index (χ1v) is 9.84. The molecule has 0 aliphatic carbocycles. The topological polar surface area (TPSA) is 58.6 Å². The van der Waals surface area contributed by atoms with Gasteiger partial charge in [-0.15, -0.1) is 0 Å². The van der Waals surface area contributed by atoms with Gasteiger partial charge in [-0.1, -0.05) is 49.7 Å². The average Bonchev–Trinajstić information content (AvgIpc) is 2.70. The second kappa shape index (κ2) is 10.8. The molecular formula is C22H26ClFN2O3. The molecule has 1 atom stereocenters. The van der Waals surface area contributed by atoms with E-state index in [4.69, 9.17) is 16.3 Å². The second-order valence-corrected chi connectivity index (χ2v) is 7.59. The fourth-order valence-electron chi connectivity index (χ4n) is 2.61. The molecule has 2 aromatic rings. The molecular weight excluding hydrogens is 395 g/mol. The summed E-state index contributed by atoms with van der Waals surface area (Å²) in [7, 11) is 0. The fourth-order valence-corrected chi connectivity index (χ4v) is 2.80. The first kappa shape index (κ1) is 22.7. The summed E-state index contributed by atoms with van der Waals surface area (Å²) in [5.41, 5.74) is 0.709. The summed E-state index contributed by atoms with van der Waals surface area (Å²) in [6.07, 6.45) is 0. The van der Waals surface area contributed by atoms with E-state index in [2.05, 4.69) is 5.32 Å². The molecule has 2 aromatic carbocycles. The standard InChI is InChI=1S/C22H26ClFN2O3/c1-15(2)12-25-22(28)16(3)26(13-17-8-10-18(24)11-9-17)21(27)14-29-20-7-5-4-6-19(20)23/h4-11,15-16H,12-14H2,1-3H3,(H,25,28). The maximum absolute atomic E-state index is 13.2. The fraction of sp³-hybridized carbons (Fsp3) is 0.364. The van der Waals surface area contributed by atoms with Crippen LogP contribution in [0.15, 0.2) is 48.5 Å². The third-order valence-electron chi connectivity index (χ3n) is 4.31. The summed E-state index contributed by atoms with van der Waals surface area (Å²) < 4.78 is 18.8. The van der Waals surface area contributed by atoms with Crippen molar-refractivity contribution in [2.75, 3.05) is 13.2 Å². The van der Waals surface area contributed by atoms with Crippen LogP contribution >= 0.6 is 11.6 Å². The van der Waals surface area contributed by atoms with Gasteiger partial charge < -0.3 is 15.0 Å². The Labute approximate surface area is 175 Å². The molecule has 29 heavy (non-hydrogen) atoms. The Morgan fingerprint density at radius 3 is 2.38 bits per heavy atom. The Bertz CT molecular complexity index is 827. The van der Waals surface area contributed by atoms with Crippen LogP contribution in [0.2, 0.25) is 5.02 Å². The first-order chi connectivity index (χ1) is 13.8. The molecule has 7 heteroatoms. The number of benzene rings is 2. The van der Waals surface area contributed by atoms with Crippen molar-refractivity contribution in [1.82, 2.24) is 10.2 Å². The molecule has 0 aromatic heterocycles. The summed E-state index contributed by atoms with van der Waals surface area (Å²) in [5.74, 6) is -0.318. The number of hydrogen-bond acceptors (Lipinski definition) is 3. The van der Waals surface area contributed by atoms with Crippen LogP contribution < -0.4 is 10.1 Å². The highest BCUT2D eigenvalue weighted by Crippen LogP contribution is 2.23. The van der Waals surface area contributed by atoms with Crippen molar-refractivity contribution in [3.05, 3.63) is 64.9 Å². The van der Waals surface area contributed by atoms with E-state index in [0.29, 0.717) is 22.9 Å². The van der Waals surface area contributed by atoms with Crippen LogP contribution in [0.5, 0.6) is 5.75 Å². The number of nitrogens with one attached hydrogen (secondary N) is 1. The second-order valence-electron chi connectivity index (χ2n) is 7.18. The number of carbonyl (C=O) groups excluding carboxylic acids is 2.